The summed E-state index contributed by atoms with van der Waals surface area (Å²) >= 11 is 0. The summed E-state index contributed by atoms with van der Waals surface area (Å²) < 4.78 is 57.6. The van der Waals surface area contributed by atoms with Crippen molar-refractivity contribution in [2.45, 2.75) is 83.0 Å². The number of nitrogens with two attached hydrogens (primary N) is 1. The fourth-order valence-electron chi connectivity index (χ4n) is 7.95. The number of halogens is 3. The van der Waals surface area contributed by atoms with Crippen molar-refractivity contribution in [2.75, 3.05) is 43.9 Å². The number of fused-ring (bicyclic) bond motifs is 3. The molecule has 3 aromatic rings. The van der Waals surface area contributed by atoms with Crippen LogP contribution >= 0.6 is 0 Å². The molecule has 2 aromatic heterocycles. The van der Waals surface area contributed by atoms with Gasteiger partial charge in [0.25, 0.3) is 5.91 Å². The van der Waals surface area contributed by atoms with Gasteiger partial charge in [-0.05, 0) is 69.8 Å². The Balaban J connectivity index is 1.28. The molecule has 48 heavy (non-hydrogen) atoms. The lowest BCUT2D eigenvalue weighted by Gasteiger charge is -2.33. The zero-order valence-corrected chi connectivity index (χ0v) is 27.1. The average Bonchev–Trinajstić information content (AvgIpc) is 3.69. The third-order valence-corrected chi connectivity index (χ3v) is 10.3. The predicted molar refractivity (Wildman–Crippen MR) is 171 cm³/mol. The molecule has 6 heterocycles. The maximum atomic E-state index is 14.4. The van der Waals surface area contributed by atoms with Gasteiger partial charge in [0.05, 0.1) is 41.7 Å². The highest BCUT2D eigenvalue weighted by Gasteiger charge is 2.45. The van der Waals surface area contributed by atoms with Crippen LogP contribution in [0.25, 0.3) is 0 Å². The minimum absolute atomic E-state index is 0.0248. The molecule has 1 atom stereocenters. The number of ether oxygens (including phenoxy) is 2. The van der Waals surface area contributed by atoms with Crippen LogP contribution in [0.15, 0.2) is 12.1 Å². The van der Waals surface area contributed by atoms with Gasteiger partial charge >= 0.3 is 12.2 Å². The molecule has 0 radical (unpaired) electrons. The number of aryl methyl sites for hydroxylation is 1. The van der Waals surface area contributed by atoms with Crippen molar-refractivity contribution < 1.29 is 27.4 Å². The monoisotopic (exact) mass is 664 g/mol. The molecule has 254 valence electrons. The summed E-state index contributed by atoms with van der Waals surface area (Å²) in [5, 5.41) is 7.24. The first kappa shape index (κ1) is 32.2. The van der Waals surface area contributed by atoms with Gasteiger partial charge in [0, 0.05) is 48.9 Å². The van der Waals surface area contributed by atoms with E-state index in [2.05, 4.69) is 26.1 Å². The van der Waals surface area contributed by atoms with E-state index in [1.165, 1.54) is 6.07 Å². The first-order valence-corrected chi connectivity index (χ1v) is 16.4. The van der Waals surface area contributed by atoms with Gasteiger partial charge in [-0.3, -0.25) is 14.4 Å². The molecular formula is C34H39F3N8O3. The number of anilines is 2. The first-order chi connectivity index (χ1) is 23.0. The number of aromatic nitrogens is 4. The summed E-state index contributed by atoms with van der Waals surface area (Å²) in [5.41, 5.74) is 8.00. The topological polar surface area (TPSA) is 124 Å². The van der Waals surface area contributed by atoms with Crippen LogP contribution < -0.4 is 20.7 Å². The molecule has 0 spiro atoms. The van der Waals surface area contributed by atoms with E-state index in [1.807, 2.05) is 11.6 Å². The van der Waals surface area contributed by atoms with Gasteiger partial charge in [0.15, 0.2) is 5.69 Å². The highest BCUT2D eigenvalue weighted by atomic mass is 19.4. The number of nitrogens with one attached hydrogen (secondary N) is 1. The Labute approximate surface area is 277 Å². The third-order valence-electron chi connectivity index (χ3n) is 10.3. The summed E-state index contributed by atoms with van der Waals surface area (Å²) in [4.78, 5) is 26.9. The predicted octanol–water partition coefficient (Wildman–Crippen LogP) is 4.15. The molecule has 0 aliphatic carbocycles. The van der Waals surface area contributed by atoms with Crippen molar-refractivity contribution in [3.63, 3.8) is 0 Å². The van der Waals surface area contributed by atoms with Crippen molar-refractivity contribution in [1.29, 1.82) is 0 Å². The maximum Gasteiger partial charge on any atom is 0.417 e. The molecule has 1 aromatic carbocycles. The van der Waals surface area contributed by atoms with Gasteiger partial charge < -0.3 is 25.4 Å². The van der Waals surface area contributed by atoms with Crippen molar-refractivity contribution in [3.8, 4) is 18.4 Å². The third kappa shape index (κ3) is 5.62. The normalized spacial score (nSPS) is 20.4. The number of carbonyl (C=O) groups excluding carboxylic acids is 1. The van der Waals surface area contributed by atoms with Crippen LogP contribution in [-0.4, -0.2) is 69.4 Å². The minimum atomic E-state index is -4.71. The van der Waals surface area contributed by atoms with E-state index in [-0.39, 0.29) is 47.3 Å². The van der Waals surface area contributed by atoms with Crippen LogP contribution in [0.3, 0.4) is 0 Å². The summed E-state index contributed by atoms with van der Waals surface area (Å²) in [5.74, 6) is 2.50. The Morgan fingerprint density at radius 2 is 1.96 bits per heavy atom. The van der Waals surface area contributed by atoms with E-state index < -0.39 is 17.8 Å². The summed E-state index contributed by atoms with van der Waals surface area (Å²) in [6, 6.07) is 2.63. The van der Waals surface area contributed by atoms with Gasteiger partial charge in [0.2, 0.25) is 0 Å². The smallest absolute Gasteiger partial charge is 0.417 e. The van der Waals surface area contributed by atoms with Crippen molar-refractivity contribution in [1.82, 2.24) is 30.0 Å². The number of rotatable bonds is 6. The minimum Gasteiger partial charge on any atom is -0.461 e. The summed E-state index contributed by atoms with van der Waals surface area (Å²) in [6.45, 7) is 6.03. The number of terminal acetylenes is 1. The lowest BCUT2D eigenvalue weighted by Crippen LogP contribution is -2.43. The Kier molecular flexibility index (Phi) is 8.23. The first-order valence-electron chi connectivity index (χ1n) is 16.4. The second-order valence-electron chi connectivity index (χ2n) is 13.1. The number of carbonyl (C=O) groups is 1. The Morgan fingerprint density at radius 1 is 1.19 bits per heavy atom. The molecule has 2 fully saturated rings. The summed E-state index contributed by atoms with van der Waals surface area (Å²) in [6.07, 6.45) is 4.85. The zero-order valence-electron chi connectivity index (χ0n) is 27.1. The molecule has 0 saturated carbocycles. The molecule has 4 aliphatic rings. The second kappa shape index (κ2) is 12.3. The average molecular weight is 665 g/mol. The molecule has 0 bridgehead atoms. The number of amides is 1. The largest absolute Gasteiger partial charge is 0.461 e. The fraction of sp³-hybridized carbons (Fsp3) is 0.529. The van der Waals surface area contributed by atoms with Crippen molar-refractivity contribution >= 4 is 17.4 Å². The highest BCUT2D eigenvalue weighted by molar-refractivity contribution is 5.93. The van der Waals surface area contributed by atoms with Gasteiger partial charge in [-0.15, -0.1) is 6.42 Å². The van der Waals surface area contributed by atoms with E-state index in [0.29, 0.717) is 49.0 Å². The van der Waals surface area contributed by atoms with Crippen LogP contribution in [0.1, 0.15) is 87.9 Å². The lowest BCUT2D eigenvalue weighted by atomic mass is 9.91. The summed E-state index contributed by atoms with van der Waals surface area (Å²) in [7, 11) is 1.57. The molecule has 2 saturated heterocycles. The molecule has 7 rings (SSSR count). The van der Waals surface area contributed by atoms with E-state index in [1.54, 1.807) is 7.05 Å². The maximum absolute atomic E-state index is 14.4. The van der Waals surface area contributed by atoms with Crippen molar-refractivity contribution in [3.05, 3.63) is 57.0 Å². The van der Waals surface area contributed by atoms with E-state index in [4.69, 9.17) is 31.6 Å². The Morgan fingerprint density at radius 3 is 2.67 bits per heavy atom. The Hall–Kier alpha value is -4.35. The number of alkyl halides is 3. The van der Waals surface area contributed by atoms with Crippen LogP contribution in [0.2, 0.25) is 0 Å². The van der Waals surface area contributed by atoms with Gasteiger partial charge in [-0.1, -0.05) is 5.92 Å². The number of hydrogen-bond acceptors (Lipinski definition) is 9. The van der Waals surface area contributed by atoms with E-state index in [9.17, 15) is 18.0 Å². The van der Waals surface area contributed by atoms with Crippen LogP contribution in [0.5, 0.6) is 6.01 Å². The number of nitrogen functional groups attached to an aromatic ring is 1. The number of benzene rings is 1. The SMILES string of the molecule is C#Cc1cc(N)cc(C2Cc3nc(OCC45CCCN4CCC5)nc(N4CCCn5nc(C(=O)NC)c(C)c5C4)c3CO2)c1C(F)(F)F. The van der Waals surface area contributed by atoms with Gasteiger partial charge in [0.1, 0.15) is 12.4 Å². The van der Waals surface area contributed by atoms with E-state index in [0.717, 1.165) is 62.5 Å². The standard InChI is InChI=1S/C34H39F3N8O3/c1-4-21-14-22(38)15-23(28(21)34(35,36)37)27-16-25-24(18-47-27)30(41-32(40-25)48-19-33-8-5-11-44(33)12-6-9-33)43-10-7-13-45-26(17-43)20(2)29(42-45)31(46)39-3/h1,14-15,27H,5-13,16-19,38H2,2-3H3,(H,39,46). The molecule has 4 aliphatic heterocycles. The zero-order chi connectivity index (χ0) is 33.8. The molecule has 1 unspecified atom stereocenters. The van der Waals surface area contributed by atoms with Gasteiger partial charge in [-0.25, -0.2) is 0 Å². The molecule has 1 amide bonds. The van der Waals surface area contributed by atoms with Crippen LogP contribution in [0.4, 0.5) is 24.7 Å². The highest BCUT2D eigenvalue weighted by Crippen LogP contribution is 2.44. The molecule has 3 N–H and O–H groups in total. The van der Waals surface area contributed by atoms with Crippen LogP contribution in [0, 0.1) is 19.3 Å². The van der Waals surface area contributed by atoms with Crippen LogP contribution in [-0.2, 0) is 37.0 Å². The molecular weight excluding hydrogens is 625 g/mol. The second-order valence-corrected chi connectivity index (χ2v) is 13.1. The quantitative estimate of drug-likeness (QED) is 0.296. The molecule has 14 heteroatoms. The van der Waals surface area contributed by atoms with Gasteiger partial charge in [-0.2, -0.15) is 28.2 Å². The Bertz CT molecular complexity index is 1790. The van der Waals surface area contributed by atoms with E-state index >= 15 is 0 Å². The molecule has 11 nitrogen and oxygen atoms in total. The number of hydrogen-bond donors (Lipinski definition) is 2. The van der Waals surface area contributed by atoms with Crippen molar-refractivity contribution in [2.24, 2.45) is 0 Å². The number of nitrogens with zero attached hydrogens (tertiary/aromatic N) is 6. The fourth-order valence-corrected chi connectivity index (χ4v) is 7.95. The lowest BCUT2D eigenvalue weighted by molar-refractivity contribution is -0.140.